The summed E-state index contributed by atoms with van der Waals surface area (Å²) in [5.74, 6) is -0.653. The highest BCUT2D eigenvalue weighted by Gasteiger charge is 2.21. The van der Waals surface area contributed by atoms with E-state index in [1.807, 2.05) is 13.0 Å². The number of nitrogens with zero attached hydrogens (tertiary/aromatic N) is 4. The topological polar surface area (TPSA) is 116 Å². The summed E-state index contributed by atoms with van der Waals surface area (Å²) in [6.45, 7) is 8.07. The first-order chi connectivity index (χ1) is 16.5. The van der Waals surface area contributed by atoms with Gasteiger partial charge in [-0.25, -0.2) is 14.8 Å². The second-order valence-electron chi connectivity index (χ2n) is 9.36. The number of aliphatic hydroxyl groups excluding tert-OH is 1. The van der Waals surface area contributed by atoms with Crippen LogP contribution in [0.15, 0.2) is 53.7 Å². The standard InChI is InChI=1S/C25H28FN7O2/c1-14-10-22(32-33(14)5)28-21-12-19(30-31-24(21)35)15-6-8-17(26)20(11-15)29-23(34)18-9-7-16(13-27-18)25(2,3)4/h6-13,24,30-31,35H,1-5H3,(H,29,34). The number of aliphatic imine (C=N–C) groups is 1. The minimum atomic E-state index is -1.07. The first-order valence-electron chi connectivity index (χ1n) is 11.1. The lowest BCUT2D eigenvalue weighted by molar-refractivity contribution is 0.102. The third kappa shape index (κ3) is 5.44. The van der Waals surface area contributed by atoms with Crippen LogP contribution in [0, 0.1) is 12.7 Å². The summed E-state index contributed by atoms with van der Waals surface area (Å²) in [7, 11) is 1.81. The van der Waals surface area contributed by atoms with Crippen molar-refractivity contribution >= 4 is 28.8 Å². The molecule has 3 aromatic rings. The van der Waals surface area contributed by atoms with Crippen molar-refractivity contribution in [3.05, 3.63) is 77.0 Å². The molecule has 0 spiro atoms. The summed E-state index contributed by atoms with van der Waals surface area (Å²) in [6.07, 6.45) is 2.22. The van der Waals surface area contributed by atoms with Gasteiger partial charge in [-0.2, -0.15) is 5.10 Å². The predicted molar refractivity (Wildman–Crippen MR) is 133 cm³/mol. The molecular formula is C25H28FN7O2. The molecule has 35 heavy (non-hydrogen) atoms. The fraction of sp³-hybridized carbons (Fsp3) is 0.280. The van der Waals surface area contributed by atoms with Crippen LogP contribution < -0.4 is 16.2 Å². The highest BCUT2D eigenvalue weighted by Crippen LogP contribution is 2.24. The Morgan fingerprint density at radius 3 is 2.63 bits per heavy atom. The second-order valence-corrected chi connectivity index (χ2v) is 9.36. The number of aryl methyl sites for hydroxylation is 2. The van der Waals surface area contributed by atoms with Crippen molar-refractivity contribution in [2.45, 2.75) is 39.3 Å². The summed E-state index contributed by atoms with van der Waals surface area (Å²) in [5.41, 5.74) is 9.03. The van der Waals surface area contributed by atoms with Crippen LogP contribution in [0.4, 0.5) is 15.9 Å². The lowest BCUT2D eigenvalue weighted by atomic mass is 9.88. The molecule has 0 radical (unpaired) electrons. The van der Waals surface area contributed by atoms with E-state index in [0.717, 1.165) is 11.3 Å². The molecule has 0 fully saturated rings. The molecule has 1 atom stereocenters. The van der Waals surface area contributed by atoms with Crippen molar-refractivity contribution in [1.29, 1.82) is 0 Å². The average molecular weight is 478 g/mol. The van der Waals surface area contributed by atoms with Crippen molar-refractivity contribution in [3.63, 3.8) is 0 Å². The summed E-state index contributed by atoms with van der Waals surface area (Å²) < 4.78 is 16.2. The van der Waals surface area contributed by atoms with Crippen LogP contribution in [0.5, 0.6) is 0 Å². The average Bonchev–Trinajstić information content (AvgIpc) is 3.13. The van der Waals surface area contributed by atoms with Gasteiger partial charge in [0.1, 0.15) is 11.5 Å². The monoisotopic (exact) mass is 477 g/mol. The third-order valence-corrected chi connectivity index (χ3v) is 5.65. The quantitative estimate of drug-likeness (QED) is 0.458. The molecule has 4 rings (SSSR count). The highest BCUT2D eigenvalue weighted by molar-refractivity contribution is 6.06. The minimum Gasteiger partial charge on any atom is -0.371 e. The van der Waals surface area contributed by atoms with Gasteiger partial charge in [0.2, 0.25) is 0 Å². The van der Waals surface area contributed by atoms with Gasteiger partial charge in [-0.3, -0.25) is 14.5 Å². The molecule has 182 valence electrons. The molecule has 9 nitrogen and oxygen atoms in total. The van der Waals surface area contributed by atoms with Crippen LogP contribution in [0.2, 0.25) is 0 Å². The number of rotatable bonds is 4. The minimum absolute atomic E-state index is 0.00172. The van der Waals surface area contributed by atoms with E-state index in [-0.39, 0.29) is 16.8 Å². The number of anilines is 1. The van der Waals surface area contributed by atoms with E-state index in [9.17, 15) is 14.3 Å². The second kappa shape index (κ2) is 9.40. The van der Waals surface area contributed by atoms with E-state index in [1.54, 1.807) is 42.2 Å². The lowest BCUT2D eigenvalue weighted by Crippen LogP contribution is -2.47. The predicted octanol–water partition coefficient (Wildman–Crippen LogP) is 3.35. The Balaban J connectivity index is 1.58. The van der Waals surface area contributed by atoms with Crippen LogP contribution in [-0.2, 0) is 12.5 Å². The molecule has 2 aromatic heterocycles. The van der Waals surface area contributed by atoms with Crippen molar-refractivity contribution in [2.75, 3.05) is 5.32 Å². The number of hydrazine groups is 1. The molecule has 1 aliphatic rings. The molecule has 10 heteroatoms. The van der Waals surface area contributed by atoms with Gasteiger partial charge < -0.3 is 15.8 Å². The summed E-state index contributed by atoms with van der Waals surface area (Å²) >= 11 is 0. The molecule has 4 N–H and O–H groups in total. The van der Waals surface area contributed by atoms with Crippen molar-refractivity contribution < 1.29 is 14.3 Å². The number of aromatic nitrogens is 3. The van der Waals surface area contributed by atoms with Gasteiger partial charge in [-0.15, -0.1) is 0 Å². The number of hydrogen-bond acceptors (Lipinski definition) is 7. The van der Waals surface area contributed by atoms with Gasteiger partial charge in [0.25, 0.3) is 5.91 Å². The van der Waals surface area contributed by atoms with Crippen molar-refractivity contribution in [2.24, 2.45) is 12.0 Å². The zero-order valence-electron chi connectivity index (χ0n) is 20.2. The van der Waals surface area contributed by atoms with E-state index in [4.69, 9.17) is 0 Å². The number of pyridine rings is 1. The maximum Gasteiger partial charge on any atom is 0.274 e. The summed E-state index contributed by atoms with van der Waals surface area (Å²) in [6, 6.07) is 9.57. The molecule has 0 aliphatic carbocycles. The molecule has 1 amide bonds. The lowest BCUT2D eigenvalue weighted by Gasteiger charge is -2.23. The number of benzene rings is 1. The van der Waals surface area contributed by atoms with E-state index in [2.05, 4.69) is 52.0 Å². The van der Waals surface area contributed by atoms with Crippen LogP contribution >= 0.6 is 0 Å². The number of aliphatic hydroxyl groups is 1. The van der Waals surface area contributed by atoms with Crippen molar-refractivity contribution in [1.82, 2.24) is 25.6 Å². The van der Waals surface area contributed by atoms with Crippen LogP contribution in [0.3, 0.4) is 0 Å². The maximum absolute atomic E-state index is 14.5. The molecule has 0 saturated heterocycles. The molecule has 1 unspecified atom stereocenters. The Morgan fingerprint density at radius 1 is 1.23 bits per heavy atom. The van der Waals surface area contributed by atoms with Crippen LogP contribution in [0.1, 0.15) is 48.1 Å². The van der Waals surface area contributed by atoms with E-state index in [0.29, 0.717) is 22.8 Å². The first kappa shape index (κ1) is 24.2. The Hall–Kier alpha value is -3.89. The van der Waals surface area contributed by atoms with Gasteiger partial charge in [0, 0.05) is 30.6 Å². The maximum atomic E-state index is 14.5. The first-order valence-corrected chi connectivity index (χ1v) is 11.1. The third-order valence-electron chi connectivity index (χ3n) is 5.65. The molecule has 0 bridgehead atoms. The Morgan fingerprint density at radius 2 is 2.00 bits per heavy atom. The van der Waals surface area contributed by atoms with Gasteiger partial charge in [0.15, 0.2) is 12.0 Å². The Kier molecular flexibility index (Phi) is 6.51. The fourth-order valence-electron chi connectivity index (χ4n) is 3.41. The van der Waals surface area contributed by atoms with Gasteiger partial charge in [0.05, 0.1) is 17.1 Å². The number of carbonyl (C=O) groups is 1. The number of halogens is 1. The largest absolute Gasteiger partial charge is 0.371 e. The smallest absolute Gasteiger partial charge is 0.274 e. The van der Waals surface area contributed by atoms with E-state index < -0.39 is 18.0 Å². The number of nitrogens with one attached hydrogen (secondary N) is 3. The summed E-state index contributed by atoms with van der Waals surface area (Å²) in [4.78, 5) is 21.3. The molecular weight excluding hydrogens is 449 g/mol. The van der Waals surface area contributed by atoms with Crippen LogP contribution in [0.25, 0.3) is 5.70 Å². The number of carbonyl (C=O) groups excluding carboxylic acids is 1. The Bertz CT molecular complexity index is 1300. The molecule has 0 saturated carbocycles. The molecule has 3 heterocycles. The van der Waals surface area contributed by atoms with Crippen molar-refractivity contribution in [3.8, 4) is 0 Å². The number of amides is 1. The zero-order valence-corrected chi connectivity index (χ0v) is 20.2. The fourth-order valence-corrected chi connectivity index (χ4v) is 3.41. The van der Waals surface area contributed by atoms with Gasteiger partial charge in [-0.1, -0.05) is 26.8 Å². The highest BCUT2D eigenvalue weighted by atomic mass is 19.1. The molecule has 1 aromatic carbocycles. The normalized spacial score (nSPS) is 17.2. The zero-order chi connectivity index (χ0) is 25.3. The van der Waals surface area contributed by atoms with E-state index >= 15 is 0 Å². The van der Waals surface area contributed by atoms with Crippen LogP contribution in [-0.4, -0.2) is 37.7 Å². The number of hydrogen-bond donors (Lipinski definition) is 4. The summed E-state index contributed by atoms with van der Waals surface area (Å²) in [5, 5.41) is 17.1. The molecule has 1 aliphatic heterocycles. The SMILES string of the molecule is Cc1cc(N=C2C=C(c3ccc(F)c(NC(=O)c4ccc(C(C)(C)C)cn4)c3)NNC2O)nn1C. The van der Waals surface area contributed by atoms with E-state index in [1.165, 1.54) is 12.1 Å². The van der Waals surface area contributed by atoms with Gasteiger partial charge >= 0.3 is 0 Å². The van der Waals surface area contributed by atoms with Gasteiger partial charge in [-0.05, 0) is 48.2 Å². The Labute approximate surface area is 202 Å².